The van der Waals surface area contributed by atoms with Crippen molar-refractivity contribution >= 4 is 11.8 Å². The molecule has 2 saturated heterocycles. The molecule has 5 atom stereocenters. The van der Waals surface area contributed by atoms with Gasteiger partial charge in [-0.05, 0) is 30.9 Å². The summed E-state index contributed by atoms with van der Waals surface area (Å²) in [5, 5.41) is 0. The molecule has 0 amide bonds. The Morgan fingerprint density at radius 3 is 3.12 bits per heavy atom. The fourth-order valence-electron chi connectivity index (χ4n) is 7.64. The van der Waals surface area contributed by atoms with Gasteiger partial charge in [0.25, 0.3) is 0 Å². The molecule has 1 aromatic rings. The number of ketones is 1. The van der Waals surface area contributed by atoms with Crippen LogP contribution in [-0.2, 0) is 26.2 Å². The van der Waals surface area contributed by atoms with Crippen molar-refractivity contribution in [2.24, 2.45) is 5.41 Å². The first kappa shape index (κ1) is 14.2. The number of carbonyl (C=O) groups excluding carboxylic acids is 2. The van der Waals surface area contributed by atoms with Crippen LogP contribution in [0.3, 0.4) is 0 Å². The molecule has 2 saturated carbocycles. The van der Waals surface area contributed by atoms with Gasteiger partial charge in [-0.25, -0.2) is 0 Å². The number of Topliss-reactive ketones (excluding diaryl/α,β-unsaturated/α-hetero) is 1. The standard InChI is InChI=1S/C20H19NO5/c1-10(22)25-13-3-2-11-6-18-7-19-14(11)15(13)26-16(19)12(23)4-5-20(19)17(18)21(8-18)9-24-20/h2-3,16-17H,4-9H2,1H3/t16-,17+,18-,19-,20+/m0/s1. The van der Waals surface area contributed by atoms with Gasteiger partial charge in [-0.15, -0.1) is 0 Å². The minimum Gasteiger partial charge on any atom is -0.477 e. The molecule has 2 bridgehead atoms. The SMILES string of the molecule is CC(=O)Oc1ccc2c3c1O[C@H]1C(=O)CC[C@]45OCN6C[C@](C2)(C[C@]314)[C@@H]65. The van der Waals surface area contributed by atoms with Crippen LogP contribution in [0.2, 0.25) is 0 Å². The number of rotatable bonds is 1. The third-order valence-electron chi connectivity index (χ3n) is 7.95. The van der Waals surface area contributed by atoms with E-state index in [1.54, 1.807) is 0 Å². The fraction of sp³-hybridized carbons (Fsp3) is 0.600. The minimum atomic E-state index is -0.510. The number of hydrogen-bond donors (Lipinski definition) is 0. The summed E-state index contributed by atoms with van der Waals surface area (Å²) in [4.78, 5) is 27.0. The topological polar surface area (TPSA) is 65.1 Å². The fourth-order valence-corrected chi connectivity index (χ4v) is 7.64. The molecule has 3 aliphatic heterocycles. The molecule has 0 N–H and O–H groups in total. The molecule has 4 fully saturated rings. The van der Waals surface area contributed by atoms with Gasteiger partial charge >= 0.3 is 5.97 Å². The van der Waals surface area contributed by atoms with E-state index in [4.69, 9.17) is 14.2 Å². The largest absolute Gasteiger partial charge is 0.477 e. The summed E-state index contributed by atoms with van der Waals surface area (Å²) in [5.41, 5.74) is 1.78. The maximum absolute atomic E-state index is 12.9. The molecule has 6 aliphatic rings. The van der Waals surface area contributed by atoms with Crippen LogP contribution in [0.1, 0.15) is 37.3 Å². The Labute approximate surface area is 150 Å². The molecule has 6 heteroatoms. The number of nitrogens with zero attached hydrogens (tertiary/aromatic N) is 1. The van der Waals surface area contributed by atoms with Crippen molar-refractivity contribution in [1.29, 1.82) is 0 Å². The van der Waals surface area contributed by atoms with Gasteiger partial charge in [-0.2, -0.15) is 0 Å². The molecule has 0 aromatic heterocycles. The zero-order chi connectivity index (χ0) is 17.5. The smallest absolute Gasteiger partial charge is 0.308 e. The van der Waals surface area contributed by atoms with E-state index in [-0.39, 0.29) is 22.8 Å². The van der Waals surface area contributed by atoms with Crippen LogP contribution in [0.15, 0.2) is 12.1 Å². The van der Waals surface area contributed by atoms with E-state index in [1.807, 2.05) is 6.07 Å². The average Bonchev–Trinajstić information content (AvgIpc) is 3.14. The maximum atomic E-state index is 12.9. The molecular formula is C20H19NO5. The van der Waals surface area contributed by atoms with Gasteiger partial charge in [-0.1, -0.05) is 6.07 Å². The van der Waals surface area contributed by atoms with E-state index < -0.39 is 11.5 Å². The molecule has 1 aromatic carbocycles. The molecule has 3 spiro atoms. The van der Waals surface area contributed by atoms with Crippen LogP contribution in [0.4, 0.5) is 0 Å². The zero-order valence-electron chi connectivity index (χ0n) is 14.5. The number of hydrogen-bond acceptors (Lipinski definition) is 6. The van der Waals surface area contributed by atoms with Gasteiger partial charge in [0, 0.05) is 36.9 Å². The highest BCUT2D eigenvalue weighted by molar-refractivity contribution is 5.90. The number of benzene rings is 1. The lowest BCUT2D eigenvalue weighted by Gasteiger charge is -2.53. The van der Waals surface area contributed by atoms with Crippen LogP contribution in [0.5, 0.6) is 11.5 Å². The molecule has 3 heterocycles. The maximum Gasteiger partial charge on any atom is 0.308 e. The molecule has 0 radical (unpaired) electrons. The third-order valence-corrected chi connectivity index (χ3v) is 7.95. The number of esters is 1. The Hall–Kier alpha value is -1.92. The molecular weight excluding hydrogens is 334 g/mol. The van der Waals surface area contributed by atoms with Gasteiger partial charge in [0.1, 0.15) is 12.3 Å². The Morgan fingerprint density at radius 1 is 1.38 bits per heavy atom. The van der Waals surface area contributed by atoms with E-state index in [9.17, 15) is 9.59 Å². The van der Waals surface area contributed by atoms with Crippen LogP contribution in [0.25, 0.3) is 0 Å². The van der Waals surface area contributed by atoms with Crippen molar-refractivity contribution in [3.63, 3.8) is 0 Å². The molecule has 26 heavy (non-hydrogen) atoms. The highest BCUT2D eigenvalue weighted by Gasteiger charge is 2.86. The normalized spacial score (nSPS) is 45.7. The van der Waals surface area contributed by atoms with Crippen LogP contribution in [0, 0.1) is 5.41 Å². The summed E-state index contributed by atoms with van der Waals surface area (Å²) < 4.78 is 18.3. The Kier molecular flexibility index (Phi) is 2.10. The first-order chi connectivity index (χ1) is 12.5. The summed E-state index contributed by atoms with van der Waals surface area (Å²) >= 11 is 0. The first-order valence-corrected chi connectivity index (χ1v) is 9.43. The predicted molar refractivity (Wildman–Crippen MR) is 88.0 cm³/mol. The second-order valence-corrected chi connectivity index (χ2v) is 8.98. The summed E-state index contributed by atoms with van der Waals surface area (Å²) in [7, 11) is 0. The monoisotopic (exact) mass is 353 g/mol. The van der Waals surface area contributed by atoms with E-state index >= 15 is 0 Å². The highest BCUT2D eigenvalue weighted by Crippen LogP contribution is 2.77. The van der Waals surface area contributed by atoms with Gasteiger partial charge in [0.05, 0.1) is 5.41 Å². The second kappa shape index (κ2) is 3.85. The third kappa shape index (κ3) is 1.16. The first-order valence-electron chi connectivity index (χ1n) is 9.43. The Morgan fingerprint density at radius 2 is 2.27 bits per heavy atom. The minimum absolute atomic E-state index is 0.159. The summed E-state index contributed by atoms with van der Waals surface area (Å²) in [6.07, 6.45) is 2.70. The van der Waals surface area contributed by atoms with Gasteiger partial charge in [-0.3, -0.25) is 14.5 Å². The Balaban J connectivity index is 1.56. The summed E-state index contributed by atoms with van der Waals surface area (Å²) in [6.45, 7) is 3.09. The van der Waals surface area contributed by atoms with E-state index in [2.05, 4.69) is 11.0 Å². The lowest BCUT2D eigenvalue weighted by molar-refractivity contribution is -0.148. The predicted octanol–water partition coefficient (Wildman–Crippen LogP) is 1.33. The van der Waals surface area contributed by atoms with Crippen LogP contribution < -0.4 is 9.47 Å². The van der Waals surface area contributed by atoms with Crippen molar-refractivity contribution in [2.45, 2.75) is 55.8 Å². The van der Waals surface area contributed by atoms with E-state index in [0.717, 1.165) is 31.4 Å². The van der Waals surface area contributed by atoms with Crippen molar-refractivity contribution in [2.75, 3.05) is 13.3 Å². The highest BCUT2D eigenvalue weighted by atomic mass is 16.6. The van der Waals surface area contributed by atoms with Crippen molar-refractivity contribution in [3.05, 3.63) is 23.3 Å². The average molecular weight is 353 g/mol. The summed E-state index contributed by atoms with van der Waals surface area (Å²) in [6, 6.07) is 4.28. The molecule has 134 valence electrons. The number of ether oxygens (including phenoxy) is 3. The van der Waals surface area contributed by atoms with Crippen LogP contribution >= 0.6 is 0 Å². The van der Waals surface area contributed by atoms with Crippen molar-refractivity contribution in [3.8, 4) is 11.5 Å². The quantitative estimate of drug-likeness (QED) is 0.561. The van der Waals surface area contributed by atoms with Gasteiger partial charge in [0.15, 0.2) is 23.4 Å². The van der Waals surface area contributed by atoms with E-state index in [0.29, 0.717) is 30.7 Å². The summed E-state index contributed by atoms with van der Waals surface area (Å²) in [5.74, 6) is 0.829. The molecule has 7 rings (SSSR count). The van der Waals surface area contributed by atoms with E-state index in [1.165, 1.54) is 12.5 Å². The molecule has 6 nitrogen and oxygen atoms in total. The lowest BCUT2D eigenvalue weighted by Crippen LogP contribution is -2.66. The lowest BCUT2D eigenvalue weighted by atomic mass is 9.57. The van der Waals surface area contributed by atoms with Gasteiger partial charge in [0.2, 0.25) is 0 Å². The molecule has 3 aliphatic carbocycles. The van der Waals surface area contributed by atoms with Crippen LogP contribution in [-0.4, -0.2) is 47.7 Å². The zero-order valence-corrected chi connectivity index (χ0v) is 14.5. The second-order valence-electron chi connectivity index (χ2n) is 8.98. The Bertz CT molecular complexity index is 942. The van der Waals surface area contributed by atoms with Gasteiger partial charge < -0.3 is 14.2 Å². The van der Waals surface area contributed by atoms with Crippen molar-refractivity contribution < 1.29 is 23.8 Å². The number of carbonyl (C=O) groups is 2. The van der Waals surface area contributed by atoms with Crippen molar-refractivity contribution in [1.82, 2.24) is 4.90 Å². The molecule has 0 unspecified atom stereocenters.